The highest BCUT2D eigenvalue weighted by molar-refractivity contribution is 6.30. The van der Waals surface area contributed by atoms with Gasteiger partial charge in [0.1, 0.15) is 17.9 Å². The molecule has 0 bridgehead atoms. The number of hydrogen-bond donors (Lipinski definition) is 2. The Bertz CT molecular complexity index is 785. The minimum atomic E-state index is -0.694. The Morgan fingerprint density at radius 2 is 1.84 bits per heavy atom. The molecule has 1 saturated heterocycles. The molecule has 25 heavy (non-hydrogen) atoms. The molecule has 0 spiro atoms. The summed E-state index contributed by atoms with van der Waals surface area (Å²) < 4.78 is 13.2. The van der Waals surface area contributed by atoms with Crippen LogP contribution in [0.4, 0.5) is 4.39 Å². The maximum atomic E-state index is 13.2. The number of hydrogen-bond acceptors (Lipinski definition) is 3. The normalized spacial score (nSPS) is 20.1. The summed E-state index contributed by atoms with van der Waals surface area (Å²) in [6.45, 7) is 0. The molecule has 2 heterocycles. The molecule has 1 aliphatic heterocycles. The standard InChI is InChI=1S/C18H17ClFN3O2/c19-13-9-11(4-6-14(13)20)10-16-18(25)22-15(17(24)23-16)7-5-12-3-1-2-8-21-12/h1-4,6,8-9,15-16H,5,7,10H2,(H,22,25)(H,23,24). The van der Waals surface area contributed by atoms with Gasteiger partial charge in [-0.1, -0.05) is 23.7 Å². The molecule has 130 valence electrons. The summed E-state index contributed by atoms with van der Waals surface area (Å²) in [5, 5.41) is 5.47. The summed E-state index contributed by atoms with van der Waals surface area (Å²) in [4.78, 5) is 28.7. The highest BCUT2D eigenvalue weighted by Gasteiger charge is 2.33. The van der Waals surface area contributed by atoms with E-state index in [9.17, 15) is 14.0 Å². The van der Waals surface area contributed by atoms with E-state index in [1.807, 2.05) is 18.2 Å². The van der Waals surface area contributed by atoms with Gasteiger partial charge in [0.2, 0.25) is 11.8 Å². The van der Waals surface area contributed by atoms with Crippen molar-refractivity contribution >= 4 is 23.4 Å². The number of piperazine rings is 1. The van der Waals surface area contributed by atoms with Crippen LogP contribution in [0.2, 0.25) is 5.02 Å². The van der Waals surface area contributed by atoms with Crippen molar-refractivity contribution in [3.63, 3.8) is 0 Å². The van der Waals surface area contributed by atoms with E-state index in [4.69, 9.17) is 11.6 Å². The molecule has 1 aliphatic rings. The number of nitrogens with zero attached hydrogens (tertiary/aromatic N) is 1. The van der Waals surface area contributed by atoms with Crippen LogP contribution in [0.25, 0.3) is 0 Å². The van der Waals surface area contributed by atoms with Crippen molar-refractivity contribution in [3.05, 3.63) is 64.7 Å². The maximum absolute atomic E-state index is 13.2. The molecule has 2 aromatic rings. The minimum Gasteiger partial charge on any atom is -0.342 e. The van der Waals surface area contributed by atoms with Gasteiger partial charge in [0, 0.05) is 18.3 Å². The summed E-state index contributed by atoms with van der Waals surface area (Å²) in [5.41, 5.74) is 1.55. The topological polar surface area (TPSA) is 71.1 Å². The first-order valence-electron chi connectivity index (χ1n) is 7.97. The Balaban J connectivity index is 1.59. The van der Waals surface area contributed by atoms with Crippen LogP contribution in [0.15, 0.2) is 42.6 Å². The van der Waals surface area contributed by atoms with E-state index in [0.29, 0.717) is 18.4 Å². The SMILES string of the molecule is O=C1NC(Cc2ccc(F)c(Cl)c2)C(=O)NC1CCc1ccccn1. The number of halogens is 2. The van der Waals surface area contributed by atoms with E-state index in [0.717, 1.165) is 5.69 Å². The second-order valence-corrected chi connectivity index (χ2v) is 6.34. The fourth-order valence-corrected chi connectivity index (χ4v) is 2.97. The van der Waals surface area contributed by atoms with Gasteiger partial charge in [-0.2, -0.15) is 0 Å². The molecule has 2 N–H and O–H groups in total. The summed E-state index contributed by atoms with van der Waals surface area (Å²) in [5.74, 6) is -1.00. The summed E-state index contributed by atoms with van der Waals surface area (Å²) in [6.07, 6.45) is 3.02. The predicted molar refractivity (Wildman–Crippen MR) is 91.5 cm³/mol. The van der Waals surface area contributed by atoms with Gasteiger partial charge < -0.3 is 10.6 Å². The number of benzene rings is 1. The number of amides is 2. The van der Waals surface area contributed by atoms with Crippen LogP contribution in [-0.4, -0.2) is 28.9 Å². The Hall–Kier alpha value is -2.47. The lowest BCUT2D eigenvalue weighted by molar-refractivity contribution is -0.136. The van der Waals surface area contributed by atoms with Crippen molar-refractivity contribution in [1.82, 2.24) is 15.6 Å². The van der Waals surface area contributed by atoms with Crippen molar-refractivity contribution in [2.75, 3.05) is 0 Å². The van der Waals surface area contributed by atoms with E-state index in [-0.39, 0.29) is 23.3 Å². The van der Waals surface area contributed by atoms with Crippen molar-refractivity contribution in [2.45, 2.75) is 31.3 Å². The van der Waals surface area contributed by atoms with Crippen LogP contribution in [0.1, 0.15) is 17.7 Å². The predicted octanol–water partition coefficient (Wildman–Crippen LogP) is 2.03. The van der Waals surface area contributed by atoms with Crippen molar-refractivity contribution in [1.29, 1.82) is 0 Å². The summed E-state index contributed by atoms with van der Waals surface area (Å²) in [7, 11) is 0. The van der Waals surface area contributed by atoms with Gasteiger partial charge in [-0.05, 0) is 42.7 Å². The van der Waals surface area contributed by atoms with Crippen LogP contribution < -0.4 is 10.6 Å². The van der Waals surface area contributed by atoms with E-state index >= 15 is 0 Å². The average molecular weight is 362 g/mol. The zero-order valence-corrected chi connectivity index (χ0v) is 14.1. The fourth-order valence-electron chi connectivity index (χ4n) is 2.76. The molecule has 1 aromatic heterocycles. The zero-order valence-electron chi connectivity index (χ0n) is 13.3. The molecule has 0 radical (unpaired) electrons. The van der Waals surface area contributed by atoms with E-state index in [2.05, 4.69) is 15.6 Å². The van der Waals surface area contributed by atoms with Gasteiger partial charge in [-0.15, -0.1) is 0 Å². The van der Waals surface area contributed by atoms with Gasteiger partial charge in [0.25, 0.3) is 0 Å². The third-order valence-electron chi connectivity index (χ3n) is 4.11. The molecule has 2 unspecified atom stereocenters. The first-order chi connectivity index (χ1) is 12.0. The van der Waals surface area contributed by atoms with Crippen molar-refractivity contribution in [3.8, 4) is 0 Å². The lowest BCUT2D eigenvalue weighted by Gasteiger charge is -2.29. The van der Waals surface area contributed by atoms with Crippen LogP contribution in [0.3, 0.4) is 0 Å². The molecular formula is C18H17ClFN3O2. The molecular weight excluding hydrogens is 345 g/mol. The van der Waals surface area contributed by atoms with Crippen LogP contribution in [-0.2, 0) is 22.4 Å². The third kappa shape index (κ3) is 4.33. The minimum absolute atomic E-state index is 0.00622. The molecule has 1 aromatic carbocycles. The highest BCUT2D eigenvalue weighted by Crippen LogP contribution is 2.18. The molecule has 2 amide bonds. The quantitative estimate of drug-likeness (QED) is 0.856. The Labute approximate surface area is 149 Å². The first kappa shape index (κ1) is 17.4. The molecule has 1 fully saturated rings. The lowest BCUT2D eigenvalue weighted by Crippen LogP contribution is -2.62. The van der Waals surface area contributed by atoms with Gasteiger partial charge in [0.15, 0.2) is 0 Å². The number of carbonyl (C=O) groups is 2. The largest absolute Gasteiger partial charge is 0.342 e. The third-order valence-corrected chi connectivity index (χ3v) is 4.39. The van der Waals surface area contributed by atoms with Gasteiger partial charge in [0.05, 0.1) is 5.02 Å². The van der Waals surface area contributed by atoms with Gasteiger partial charge in [-0.3, -0.25) is 14.6 Å². The maximum Gasteiger partial charge on any atom is 0.243 e. The monoisotopic (exact) mass is 361 g/mol. The smallest absolute Gasteiger partial charge is 0.243 e. The molecule has 5 nitrogen and oxygen atoms in total. The fraction of sp³-hybridized carbons (Fsp3) is 0.278. The second-order valence-electron chi connectivity index (χ2n) is 5.93. The molecule has 0 aliphatic carbocycles. The molecule has 3 rings (SSSR count). The van der Waals surface area contributed by atoms with Crippen molar-refractivity contribution < 1.29 is 14.0 Å². The van der Waals surface area contributed by atoms with Crippen LogP contribution >= 0.6 is 11.6 Å². The van der Waals surface area contributed by atoms with E-state index < -0.39 is 17.9 Å². The van der Waals surface area contributed by atoms with Crippen LogP contribution in [0, 0.1) is 5.82 Å². The van der Waals surface area contributed by atoms with Gasteiger partial charge >= 0.3 is 0 Å². The summed E-state index contributed by atoms with van der Waals surface area (Å²) >= 11 is 5.75. The Morgan fingerprint density at radius 1 is 1.08 bits per heavy atom. The first-order valence-corrected chi connectivity index (χ1v) is 8.35. The Kier molecular flexibility index (Phi) is 5.28. The summed E-state index contributed by atoms with van der Waals surface area (Å²) in [6, 6.07) is 8.57. The zero-order chi connectivity index (χ0) is 17.8. The highest BCUT2D eigenvalue weighted by atomic mass is 35.5. The molecule has 7 heteroatoms. The van der Waals surface area contributed by atoms with E-state index in [1.165, 1.54) is 12.1 Å². The molecule has 0 saturated carbocycles. The number of nitrogens with one attached hydrogen (secondary N) is 2. The van der Waals surface area contributed by atoms with Crippen LogP contribution in [0.5, 0.6) is 0 Å². The second kappa shape index (κ2) is 7.61. The molecule has 2 atom stereocenters. The van der Waals surface area contributed by atoms with E-state index in [1.54, 1.807) is 12.3 Å². The number of carbonyl (C=O) groups excluding carboxylic acids is 2. The number of aromatic nitrogens is 1. The number of rotatable bonds is 5. The number of aryl methyl sites for hydroxylation is 1. The van der Waals surface area contributed by atoms with Crippen molar-refractivity contribution in [2.24, 2.45) is 0 Å². The number of pyridine rings is 1. The lowest BCUT2D eigenvalue weighted by atomic mass is 9.99. The average Bonchev–Trinajstić information content (AvgIpc) is 2.61. The Morgan fingerprint density at radius 3 is 2.56 bits per heavy atom. The van der Waals surface area contributed by atoms with Gasteiger partial charge in [-0.25, -0.2) is 4.39 Å².